The Morgan fingerprint density at radius 3 is 2.26 bits per heavy atom. The summed E-state index contributed by atoms with van der Waals surface area (Å²) < 4.78 is 0. The quantitative estimate of drug-likeness (QED) is 0.806. The Morgan fingerprint density at radius 2 is 1.74 bits per heavy atom. The van der Waals surface area contributed by atoms with Gasteiger partial charge in [0.05, 0.1) is 0 Å². The third kappa shape index (κ3) is 5.94. The first-order valence-corrected chi connectivity index (χ1v) is 7.43. The van der Waals surface area contributed by atoms with Gasteiger partial charge >= 0.3 is 12.0 Å². The lowest BCUT2D eigenvalue weighted by Gasteiger charge is -2.26. The van der Waals surface area contributed by atoms with Gasteiger partial charge in [0, 0.05) is 13.1 Å². The zero-order valence-electron chi connectivity index (χ0n) is 11.9. The van der Waals surface area contributed by atoms with Crippen LogP contribution in [-0.2, 0) is 4.79 Å². The molecule has 0 aromatic heterocycles. The van der Waals surface area contributed by atoms with Gasteiger partial charge in [0.2, 0.25) is 0 Å². The van der Waals surface area contributed by atoms with Crippen LogP contribution in [0.5, 0.6) is 0 Å². The van der Waals surface area contributed by atoms with Gasteiger partial charge in [-0.3, -0.25) is 0 Å². The van der Waals surface area contributed by atoms with Crippen molar-refractivity contribution in [2.24, 2.45) is 0 Å². The lowest BCUT2D eigenvalue weighted by Crippen LogP contribution is -2.48. The fraction of sp³-hybridized carbons (Fsp3) is 0.857. The highest BCUT2D eigenvalue weighted by Gasteiger charge is 2.22. The maximum Gasteiger partial charge on any atom is 0.326 e. The van der Waals surface area contributed by atoms with Crippen molar-refractivity contribution in [3.05, 3.63) is 0 Å². The normalized spacial score (nSPS) is 18.3. The summed E-state index contributed by atoms with van der Waals surface area (Å²) in [5, 5.41) is 11.8. The Kier molecular flexibility index (Phi) is 7.30. The van der Waals surface area contributed by atoms with Gasteiger partial charge in [-0.1, -0.05) is 39.0 Å². The Bertz CT molecular complexity index is 286. The average molecular weight is 270 g/mol. The minimum Gasteiger partial charge on any atom is -0.480 e. The van der Waals surface area contributed by atoms with Crippen LogP contribution in [0.4, 0.5) is 4.79 Å². The standard InChI is InChI=1S/C14H26N2O3/c1-2-3-9-12(13(17)18)15-14(19)16-10-7-5-4-6-8-11-16/h12H,2-11H2,1H3,(H,15,19)(H,17,18). The molecule has 110 valence electrons. The molecule has 1 saturated heterocycles. The number of carboxylic acid groups (broad SMARTS) is 1. The van der Waals surface area contributed by atoms with Crippen molar-refractivity contribution in [1.29, 1.82) is 0 Å². The second kappa shape index (κ2) is 8.77. The van der Waals surface area contributed by atoms with E-state index in [4.69, 9.17) is 5.11 Å². The highest BCUT2D eigenvalue weighted by atomic mass is 16.4. The molecule has 0 aliphatic carbocycles. The van der Waals surface area contributed by atoms with E-state index in [0.717, 1.165) is 51.6 Å². The fourth-order valence-electron chi connectivity index (χ4n) is 2.36. The lowest BCUT2D eigenvalue weighted by molar-refractivity contribution is -0.139. The van der Waals surface area contributed by atoms with Crippen LogP contribution in [-0.4, -0.2) is 41.1 Å². The van der Waals surface area contributed by atoms with Crippen molar-refractivity contribution in [3.63, 3.8) is 0 Å². The number of hydrogen-bond donors (Lipinski definition) is 2. The predicted octanol–water partition coefficient (Wildman–Crippen LogP) is 2.61. The zero-order chi connectivity index (χ0) is 14.1. The summed E-state index contributed by atoms with van der Waals surface area (Å²) in [5.74, 6) is -0.936. The molecule has 1 fully saturated rings. The number of nitrogens with one attached hydrogen (secondary N) is 1. The second-order valence-corrected chi connectivity index (χ2v) is 5.24. The fourth-order valence-corrected chi connectivity index (χ4v) is 2.36. The summed E-state index contributed by atoms with van der Waals surface area (Å²) in [5.41, 5.74) is 0. The van der Waals surface area contributed by atoms with E-state index in [1.165, 1.54) is 6.42 Å². The third-order valence-electron chi connectivity index (χ3n) is 3.59. The van der Waals surface area contributed by atoms with Gasteiger partial charge in [0.15, 0.2) is 0 Å². The average Bonchev–Trinajstić information content (AvgIpc) is 2.33. The molecule has 0 bridgehead atoms. The monoisotopic (exact) mass is 270 g/mol. The Morgan fingerprint density at radius 1 is 1.16 bits per heavy atom. The van der Waals surface area contributed by atoms with Crippen molar-refractivity contribution >= 4 is 12.0 Å². The number of carboxylic acids is 1. The van der Waals surface area contributed by atoms with Crippen molar-refractivity contribution in [3.8, 4) is 0 Å². The number of amides is 2. The maximum atomic E-state index is 12.1. The van der Waals surface area contributed by atoms with Crippen molar-refractivity contribution in [2.75, 3.05) is 13.1 Å². The molecule has 1 aliphatic rings. The van der Waals surface area contributed by atoms with E-state index in [1.54, 1.807) is 4.90 Å². The van der Waals surface area contributed by atoms with E-state index in [-0.39, 0.29) is 6.03 Å². The number of likely N-dealkylation sites (tertiary alicyclic amines) is 1. The second-order valence-electron chi connectivity index (χ2n) is 5.24. The number of unbranched alkanes of at least 4 members (excludes halogenated alkanes) is 1. The van der Waals surface area contributed by atoms with E-state index in [2.05, 4.69) is 5.32 Å². The van der Waals surface area contributed by atoms with Gasteiger partial charge in [-0.15, -0.1) is 0 Å². The van der Waals surface area contributed by atoms with E-state index in [0.29, 0.717) is 6.42 Å². The van der Waals surface area contributed by atoms with Gasteiger partial charge in [0.1, 0.15) is 6.04 Å². The molecule has 5 nitrogen and oxygen atoms in total. The zero-order valence-corrected chi connectivity index (χ0v) is 11.9. The topological polar surface area (TPSA) is 69.6 Å². The number of hydrogen-bond acceptors (Lipinski definition) is 2. The summed E-state index contributed by atoms with van der Waals surface area (Å²) in [6.07, 6.45) is 7.83. The molecule has 0 saturated carbocycles. The summed E-state index contributed by atoms with van der Waals surface area (Å²) in [7, 11) is 0. The number of aliphatic carboxylic acids is 1. The van der Waals surface area contributed by atoms with Crippen LogP contribution in [0.2, 0.25) is 0 Å². The molecule has 2 N–H and O–H groups in total. The molecule has 0 aromatic carbocycles. The summed E-state index contributed by atoms with van der Waals surface area (Å²) in [6.45, 7) is 3.50. The van der Waals surface area contributed by atoms with Crippen molar-refractivity contribution in [1.82, 2.24) is 10.2 Å². The minimum atomic E-state index is -0.936. The lowest BCUT2D eigenvalue weighted by atomic mass is 10.1. The largest absolute Gasteiger partial charge is 0.480 e. The SMILES string of the molecule is CCCCC(NC(=O)N1CCCCCCC1)C(=O)O. The summed E-state index contributed by atoms with van der Waals surface area (Å²) in [6, 6.07) is -0.969. The first-order valence-electron chi connectivity index (χ1n) is 7.43. The van der Waals surface area contributed by atoms with Crippen molar-refractivity contribution < 1.29 is 14.7 Å². The van der Waals surface area contributed by atoms with Crippen LogP contribution in [0, 0.1) is 0 Å². The number of urea groups is 1. The Hall–Kier alpha value is -1.26. The highest BCUT2D eigenvalue weighted by molar-refractivity contribution is 5.82. The number of rotatable bonds is 5. The van der Waals surface area contributed by atoms with Crippen molar-refractivity contribution in [2.45, 2.75) is 64.3 Å². The van der Waals surface area contributed by atoms with E-state index in [1.807, 2.05) is 6.92 Å². The Labute approximate surface area is 115 Å². The molecule has 1 rings (SSSR count). The number of carbonyl (C=O) groups excluding carboxylic acids is 1. The smallest absolute Gasteiger partial charge is 0.326 e. The van der Waals surface area contributed by atoms with E-state index >= 15 is 0 Å². The molecule has 0 aromatic rings. The summed E-state index contributed by atoms with van der Waals surface area (Å²) >= 11 is 0. The molecule has 19 heavy (non-hydrogen) atoms. The van der Waals surface area contributed by atoms with Crippen LogP contribution in [0.15, 0.2) is 0 Å². The molecule has 0 radical (unpaired) electrons. The molecular formula is C14H26N2O3. The van der Waals surface area contributed by atoms with Crippen LogP contribution in [0.1, 0.15) is 58.3 Å². The molecular weight excluding hydrogens is 244 g/mol. The number of nitrogens with zero attached hydrogens (tertiary/aromatic N) is 1. The summed E-state index contributed by atoms with van der Waals surface area (Å²) in [4.78, 5) is 25.0. The number of carbonyl (C=O) groups is 2. The molecule has 1 unspecified atom stereocenters. The highest BCUT2D eigenvalue weighted by Crippen LogP contribution is 2.11. The molecule has 2 amide bonds. The maximum absolute atomic E-state index is 12.1. The Balaban J connectivity index is 2.46. The van der Waals surface area contributed by atoms with E-state index < -0.39 is 12.0 Å². The van der Waals surface area contributed by atoms with E-state index in [9.17, 15) is 9.59 Å². The molecule has 1 atom stereocenters. The molecule has 1 heterocycles. The predicted molar refractivity (Wildman–Crippen MR) is 74.1 cm³/mol. The van der Waals surface area contributed by atoms with Crippen LogP contribution in [0.25, 0.3) is 0 Å². The van der Waals surface area contributed by atoms with Gasteiger partial charge in [-0.25, -0.2) is 9.59 Å². The molecule has 0 spiro atoms. The van der Waals surface area contributed by atoms with Gasteiger partial charge in [-0.05, 0) is 19.3 Å². The minimum absolute atomic E-state index is 0.217. The third-order valence-corrected chi connectivity index (χ3v) is 3.59. The van der Waals surface area contributed by atoms with Gasteiger partial charge < -0.3 is 15.3 Å². The van der Waals surface area contributed by atoms with Gasteiger partial charge in [-0.2, -0.15) is 0 Å². The van der Waals surface area contributed by atoms with Crippen LogP contribution in [0.3, 0.4) is 0 Å². The first-order chi connectivity index (χ1) is 9.15. The molecule has 1 aliphatic heterocycles. The molecule has 5 heteroatoms. The van der Waals surface area contributed by atoms with Gasteiger partial charge in [0.25, 0.3) is 0 Å². The first kappa shape index (κ1) is 15.8. The van der Waals surface area contributed by atoms with Crippen LogP contribution < -0.4 is 5.32 Å². The van der Waals surface area contributed by atoms with Crippen LogP contribution >= 0.6 is 0 Å².